The maximum atomic E-state index is 12.4. The van der Waals surface area contributed by atoms with Crippen LogP contribution in [0.5, 0.6) is 11.5 Å². The topological polar surface area (TPSA) is 104 Å². The molecule has 8 nitrogen and oxygen atoms in total. The van der Waals surface area contributed by atoms with Gasteiger partial charge >= 0.3 is 5.63 Å². The van der Waals surface area contributed by atoms with E-state index in [1.165, 1.54) is 20.2 Å². The van der Waals surface area contributed by atoms with E-state index in [0.717, 1.165) is 12.1 Å². The van der Waals surface area contributed by atoms with E-state index in [4.69, 9.17) is 9.15 Å². The van der Waals surface area contributed by atoms with Crippen LogP contribution in [0.25, 0.3) is 11.0 Å². The number of methoxy groups -OCH3 is 1. The molecule has 2 heterocycles. The first-order valence-corrected chi connectivity index (χ1v) is 7.79. The van der Waals surface area contributed by atoms with Crippen LogP contribution in [0.15, 0.2) is 20.4 Å². The van der Waals surface area contributed by atoms with Crippen LogP contribution >= 0.6 is 0 Å². The summed E-state index contributed by atoms with van der Waals surface area (Å²) in [6.45, 7) is 2.63. The molecule has 132 valence electrons. The van der Waals surface area contributed by atoms with E-state index in [9.17, 15) is 14.7 Å². The van der Waals surface area contributed by atoms with Gasteiger partial charge in [0.1, 0.15) is 0 Å². The fraction of sp³-hybridized carbons (Fsp3) is 0.353. The lowest BCUT2D eigenvalue weighted by molar-refractivity contribution is -0.118. The van der Waals surface area contributed by atoms with E-state index in [2.05, 4.69) is 10.5 Å². The number of nitrogens with zero attached hydrogens (tertiary/aromatic N) is 2. The minimum absolute atomic E-state index is 0.182. The molecule has 0 unspecified atom stereocenters. The monoisotopic (exact) mass is 345 g/mol. The molecule has 25 heavy (non-hydrogen) atoms. The van der Waals surface area contributed by atoms with Crippen molar-refractivity contribution in [3.05, 3.63) is 33.2 Å². The summed E-state index contributed by atoms with van der Waals surface area (Å²) >= 11 is 0. The highest BCUT2D eigenvalue weighted by Gasteiger charge is 2.24. The number of hydrazone groups is 1. The first-order chi connectivity index (χ1) is 11.9. The molecular formula is C17H19N3O5. The van der Waals surface area contributed by atoms with Gasteiger partial charge in [-0.15, -0.1) is 0 Å². The molecule has 1 aromatic heterocycles. The maximum absolute atomic E-state index is 12.4. The van der Waals surface area contributed by atoms with Crippen LogP contribution in [0.2, 0.25) is 0 Å². The molecule has 0 bridgehead atoms. The molecule has 8 heteroatoms. The van der Waals surface area contributed by atoms with Gasteiger partial charge in [0.2, 0.25) is 5.91 Å². The van der Waals surface area contributed by atoms with Crippen LogP contribution in [-0.2, 0) is 17.8 Å². The van der Waals surface area contributed by atoms with Crippen molar-refractivity contribution in [2.24, 2.45) is 5.10 Å². The molecule has 1 aliphatic rings. The third-order valence-corrected chi connectivity index (χ3v) is 4.19. The maximum Gasteiger partial charge on any atom is 0.341 e. The van der Waals surface area contributed by atoms with Crippen molar-refractivity contribution in [2.75, 3.05) is 20.7 Å². The van der Waals surface area contributed by atoms with Crippen molar-refractivity contribution in [1.29, 1.82) is 0 Å². The van der Waals surface area contributed by atoms with Crippen LogP contribution in [0, 0.1) is 0 Å². The minimum Gasteiger partial charge on any atom is -0.504 e. The Morgan fingerprint density at radius 3 is 2.92 bits per heavy atom. The van der Waals surface area contributed by atoms with E-state index in [1.807, 2.05) is 11.9 Å². The summed E-state index contributed by atoms with van der Waals surface area (Å²) in [6.07, 6.45) is 1.93. The van der Waals surface area contributed by atoms with Crippen LogP contribution in [0.4, 0.5) is 0 Å². The fourth-order valence-electron chi connectivity index (χ4n) is 2.98. The van der Waals surface area contributed by atoms with E-state index in [0.29, 0.717) is 23.9 Å². The molecular weight excluding hydrogens is 326 g/mol. The number of hydrogen-bond donors (Lipinski definition) is 2. The molecule has 1 amide bonds. The van der Waals surface area contributed by atoms with Crippen LogP contribution in [0.1, 0.15) is 23.6 Å². The summed E-state index contributed by atoms with van der Waals surface area (Å²) < 4.78 is 10.7. The predicted octanol–water partition coefficient (Wildman–Crippen LogP) is 0.965. The molecule has 1 aliphatic heterocycles. The van der Waals surface area contributed by atoms with Crippen molar-refractivity contribution in [1.82, 2.24) is 10.3 Å². The van der Waals surface area contributed by atoms with E-state index < -0.39 is 5.63 Å². The number of likely N-dealkylation sites (N-methyl/N-ethyl adjacent to an activating group) is 1. The molecule has 0 saturated carbocycles. The van der Waals surface area contributed by atoms with Gasteiger partial charge in [0, 0.05) is 25.4 Å². The molecule has 2 aromatic rings. The van der Waals surface area contributed by atoms with Gasteiger partial charge in [-0.2, -0.15) is 5.10 Å². The quantitative estimate of drug-likeness (QED) is 0.488. The Kier molecular flexibility index (Phi) is 4.45. The van der Waals surface area contributed by atoms with Crippen molar-refractivity contribution in [3.8, 4) is 11.5 Å². The number of nitrogens with one attached hydrogen (secondary N) is 1. The molecule has 0 radical (unpaired) electrons. The zero-order chi connectivity index (χ0) is 18.1. The third-order valence-electron chi connectivity index (χ3n) is 4.19. The van der Waals surface area contributed by atoms with Gasteiger partial charge in [0.25, 0.3) is 0 Å². The Hall–Kier alpha value is -2.87. The Morgan fingerprint density at radius 2 is 2.24 bits per heavy atom. The Bertz CT molecular complexity index is 932. The lowest BCUT2D eigenvalue weighted by Gasteiger charge is -2.25. The van der Waals surface area contributed by atoms with Gasteiger partial charge < -0.3 is 19.2 Å². The van der Waals surface area contributed by atoms with Gasteiger partial charge in [0.15, 0.2) is 17.1 Å². The number of aromatic hydroxyl groups is 1. The second-order valence-electron chi connectivity index (χ2n) is 5.98. The Morgan fingerprint density at radius 1 is 1.48 bits per heavy atom. The van der Waals surface area contributed by atoms with Crippen molar-refractivity contribution in [3.63, 3.8) is 0 Å². The first-order valence-electron chi connectivity index (χ1n) is 7.79. The van der Waals surface area contributed by atoms with Crippen molar-refractivity contribution < 1.29 is 19.1 Å². The SMILES string of the molecule is COc1cc2c3c(c(=O)oc2c(/C=N/NC(C)=O)c1O)CN(C)CC3. The Balaban J connectivity index is 2.29. The van der Waals surface area contributed by atoms with Crippen LogP contribution in [0.3, 0.4) is 0 Å². The van der Waals surface area contributed by atoms with E-state index in [-0.39, 0.29) is 28.6 Å². The summed E-state index contributed by atoms with van der Waals surface area (Å²) in [5, 5.41) is 14.9. The highest BCUT2D eigenvalue weighted by atomic mass is 16.5. The second kappa shape index (κ2) is 6.56. The molecule has 0 atom stereocenters. The smallest absolute Gasteiger partial charge is 0.341 e. The molecule has 1 aromatic carbocycles. The third kappa shape index (κ3) is 3.08. The van der Waals surface area contributed by atoms with Crippen LogP contribution < -0.4 is 15.8 Å². The summed E-state index contributed by atoms with van der Waals surface area (Å²) in [4.78, 5) is 25.4. The highest BCUT2D eigenvalue weighted by Crippen LogP contribution is 2.37. The number of phenolic OH excluding ortho intramolecular Hbond substituents is 1. The zero-order valence-corrected chi connectivity index (χ0v) is 14.3. The summed E-state index contributed by atoms with van der Waals surface area (Å²) in [6, 6.07) is 1.66. The Labute approximate surface area is 143 Å². The number of benzene rings is 1. The minimum atomic E-state index is -0.437. The number of amides is 1. The van der Waals surface area contributed by atoms with Gasteiger partial charge in [-0.05, 0) is 25.1 Å². The predicted molar refractivity (Wildman–Crippen MR) is 92.1 cm³/mol. The van der Waals surface area contributed by atoms with Gasteiger partial charge in [-0.1, -0.05) is 0 Å². The number of rotatable bonds is 3. The molecule has 0 saturated heterocycles. The number of ether oxygens (including phenoxy) is 1. The van der Waals surface area contributed by atoms with E-state index >= 15 is 0 Å². The lowest BCUT2D eigenvalue weighted by atomic mass is 9.96. The van der Waals surface area contributed by atoms with Gasteiger partial charge in [0.05, 0.1) is 24.5 Å². The molecule has 0 aliphatic carbocycles. The largest absolute Gasteiger partial charge is 0.504 e. The van der Waals surface area contributed by atoms with Crippen molar-refractivity contribution >= 4 is 23.1 Å². The molecule has 3 rings (SSSR count). The normalized spacial score (nSPS) is 14.7. The average molecular weight is 345 g/mol. The zero-order valence-electron chi connectivity index (χ0n) is 14.3. The summed E-state index contributed by atoms with van der Waals surface area (Å²) in [5.41, 5.74) is 3.72. The number of hydrogen-bond acceptors (Lipinski definition) is 7. The van der Waals surface area contributed by atoms with Gasteiger partial charge in [-0.25, -0.2) is 10.2 Å². The lowest BCUT2D eigenvalue weighted by Crippen LogP contribution is -2.31. The average Bonchev–Trinajstić information content (AvgIpc) is 2.57. The standard InChI is InChI=1S/C17H19N3O5/c1-9(21)19-18-7-12-15(22)14(24-3)6-11-10-4-5-20(2)8-13(10)17(23)25-16(11)12/h6-7,22H,4-5,8H2,1-3H3,(H,19,21)/b18-7+. The molecule has 2 N–H and O–H groups in total. The second-order valence-corrected chi connectivity index (χ2v) is 5.98. The number of carbonyl (C=O) groups is 1. The number of carbonyl (C=O) groups excluding carboxylic acids is 1. The molecule has 0 fully saturated rings. The summed E-state index contributed by atoms with van der Waals surface area (Å²) in [5.74, 6) is -0.323. The molecule has 0 spiro atoms. The first kappa shape index (κ1) is 17.0. The highest BCUT2D eigenvalue weighted by molar-refractivity contribution is 6.02. The summed E-state index contributed by atoms with van der Waals surface area (Å²) in [7, 11) is 3.38. The van der Waals surface area contributed by atoms with Crippen molar-refractivity contribution in [2.45, 2.75) is 19.9 Å². The number of phenols is 1. The van der Waals surface area contributed by atoms with Gasteiger partial charge in [-0.3, -0.25) is 4.79 Å². The van der Waals surface area contributed by atoms with Crippen LogP contribution in [-0.4, -0.2) is 42.8 Å². The number of fused-ring (bicyclic) bond motifs is 3. The fourth-order valence-corrected chi connectivity index (χ4v) is 2.98. The van der Waals surface area contributed by atoms with E-state index in [1.54, 1.807) is 6.07 Å².